The minimum atomic E-state index is -0.362. The molecule has 0 spiro atoms. The van der Waals surface area contributed by atoms with Crippen molar-refractivity contribution in [2.75, 3.05) is 69.3 Å². The highest BCUT2D eigenvalue weighted by molar-refractivity contribution is 5.63. The highest BCUT2D eigenvalue weighted by atomic mass is 16.6. The molecule has 9 heteroatoms. The molecule has 0 bridgehead atoms. The molecule has 1 aromatic rings. The SMILES string of the molecule is Cc1nc(N2CCOCC2)nc(N2CC[NH+](C)CC2)c1[N+](=O)[O-]. The topological polar surface area (TPSA) is 89.1 Å². The Bertz CT molecular complexity index is 582. The fraction of sp³-hybridized carbons (Fsp3) is 0.714. The average Bonchev–Trinajstić information content (AvgIpc) is 2.55. The minimum absolute atomic E-state index is 0.0292. The van der Waals surface area contributed by atoms with Crippen LogP contribution in [0.15, 0.2) is 0 Å². The lowest BCUT2D eigenvalue weighted by Crippen LogP contribution is -3.12. The molecule has 3 rings (SSSR count). The summed E-state index contributed by atoms with van der Waals surface area (Å²) in [4.78, 5) is 25.6. The maximum Gasteiger partial charge on any atom is 0.332 e. The number of anilines is 2. The van der Waals surface area contributed by atoms with E-state index in [0.29, 0.717) is 43.8 Å². The summed E-state index contributed by atoms with van der Waals surface area (Å²) < 4.78 is 5.35. The van der Waals surface area contributed by atoms with Crippen LogP contribution in [0, 0.1) is 17.0 Å². The van der Waals surface area contributed by atoms with Crippen molar-refractivity contribution in [2.45, 2.75) is 6.92 Å². The summed E-state index contributed by atoms with van der Waals surface area (Å²) in [6, 6.07) is 0. The van der Waals surface area contributed by atoms with E-state index in [1.165, 1.54) is 4.90 Å². The van der Waals surface area contributed by atoms with Crippen molar-refractivity contribution in [3.05, 3.63) is 15.8 Å². The van der Waals surface area contributed by atoms with Gasteiger partial charge in [-0.05, 0) is 6.92 Å². The lowest BCUT2D eigenvalue weighted by molar-refractivity contribution is -0.880. The van der Waals surface area contributed by atoms with E-state index in [-0.39, 0.29) is 10.6 Å². The first-order valence-corrected chi connectivity index (χ1v) is 7.98. The standard InChI is InChI=1S/C14H22N6O3/c1-11-12(20(21)22)13(18-5-3-17(2)4-6-18)16-14(15-11)19-7-9-23-10-8-19/h3-10H2,1-2H3/p+1. The number of nitrogens with one attached hydrogen (secondary N) is 1. The zero-order valence-electron chi connectivity index (χ0n) is 13.6. The molecule has 9 nitrogen and oxygen atoms in total. The molecule has 3 heterocycles. The van der Waals surface area contributed by atoms with Crippen molar-refractivity contribution < 1.29 is 14.6 Å². The fourth-order valence-electron chi connectivity index (χ4n) is 2.98. The van der Waals surface area contributed by atoms with Crippen LogP contribution in [0.1, 0.15) is 5.69 Å². The second-order valence-electron chi connectivity index (χ2n) is 6.08. The van der Waals surface area contributed by atoms with Crippen LogP contribution < -0.4 is 14.7 Å². The molecule has 2 aliphatic rings. The molecule has 0 aromatic carbocycles. The van der Waals surface area contributed by atoms with Crippen LogP contribution in [-0.2, 0) is 4.74 Å². The number of piperazine rings is 1. The Morgan fingerprint density at radius 1 is 1.13 bits per heavy atom. The maximum atomic E-state index is 11.5. The Kier molecular flexibility index (Phi) is 4.58. The van der Waals surface area contributed by atoms with Gasteiger partial charge in [-0.25, -0.2) is 4.98 Å². The van der Waals surface area contributed by atoms with Gasteiger partial charge in [0.15, 0.2) is 0 Å². The monoisotopic (exact) mass is 323 g/mol. The number of ether oxygens (including phenoxy) is 1. The third-order valence-corrected chi connectivity index (χ3v) is 4.42. The van der Waals surface area contributed by atoms with Crippen LogP contribution in [0.4, 0.5) is 17.5 Å². The summed E-state index contributed by atoms with van der Waals surface area (Å²) in [6.07, 6.45) is 0. The molecule has 0 atom stereocenters. The van der Waals surface area contributed by atoms with Gasteiger partial charge in [0, 0.05) is 13.1 Å². The van der Waals surface area contributed by atoms with Gasteiger partial charge in [-0.15, -0.1) is 0 Å². The van der Waals surface area contributed by atoms with Gasteiger partial charge in [-0.3, -0.25) is 10.1 Å². The van der Waals surface area contributed by atoms with E-state index in [4.69, 9.17) is 4.74 Å². The first-order valence-electron chi connectivity index (χ1n) is 7.98. The Morgan fingerprint density at radius 3 is 2.39 bits per heavy atom. The van der Waals surface area contributed by atoms with Crippen LogP contribution in [0.3, 0.4) is 0 Å². The highest BCUT2D eigenvalue weighted by Crippen LogP contribution is 2.30. The van der Waals surface area contributed by atoms with E-state index < -0.39 is 0 Å². The Labute approximate surface area is 135 Å². The molecule has 0 unspecified atom stereocenters. The number of likely N-dealkylation sites (N-methyl/N-ethyl adjacent to an activating group) is 1. The molecule has 1 N–H and O–H groups in total. The van der Waals surface area contributed by atoms with Gasteiger partial charge in [-0.2, -0.15) is 4.98 Å². The molecular formula is C14H23N6O3+. The van der Waals surface area contributed by atoms with E-state index in [1.807, 2.05) is 9.80 Å². The Morgan fingerprint density at radius 2 is 1.78 bits per heavy atom. The minimum Gasteiger partial charge on any atom is -0.378 e. The lowest BCUT2D eigenvalue weighted by Gasteiger charge is -2.32. The number of nitro groups is 1. The van der Waals surface area contributed by atoms with Gasteiger partial charge >= 0.3 is 5.69 Å². The summed E-state index contributed by atoms with van der Waals surface area (Å²) in [5.41, 5.74) is 0.453. The predicted octanol–water partition coefficient (Wildman–Crippen LogP) is -1.14. The quantitative estimate of drug-likeness (QED) is 0.556. The number of morpholine rings is 1. The van der Waals surface area contributed by atoms with Gasteiger partial charge in [0.05, 0.1) is 51.4 Å². The molecule has 0 radical (unpaired) electrons. The number of nitrogens with zero attached hydrogens (tertiary/aromatic N) is 5. The van der Waals surface area contributed by atoms with E-state index in [0.717, 1.165) is 26.2 Å². The Balaban J connectivity index is 1.96. The van der Waals surface area contributed by atoms with Crippen molar-refractivity contribution in [1.29, 1.82) is 0 Å². The molecule has 0 saturated carbocycles. The molecule has 2 fully saturated rings. The molecule has 126 valence electrons. The molecule has 2 saturated heterocycles. The van der Waals surface area contributed by atoms with Gasteiger partial charge in [0.25, 0.3) is 0 Å². The molecule has 23 heavy (non-hydrogen) atoms. The number of rotatable bonds is 3. The number of aryl methyl sites for hydroxylation is 1. The zero-order valence-corrected chi connectivity index (χ0v) is 13.6. The van der Waals surface area contributed by atoms with Gasteiger partial charge in [-0.1, -0.05) is 0 Å². The average molecular weight is 323 g/mol. The van der Waals surface area contributed by atoms with Crippen molar-refractivity contribution in [1.82, 2.24) is 9.97 Å². The summed E-state index contributed by atoms with van der Waals surface area (Å²) in [5.74, 6) is 1.02. The molecular weight excluding hydrogens is 300 g/mol. The summed E-state index contributed by atoms with van der Waals surface area (Å²) in [6.45, 7) is 7.82. The van der Waals surface area contributed by atoms with Crippen LogP contribution >= 0.6 is 0 Å². The first kappa shape index (κ1) is 15.9. The molecule has 0 aliphatic carbocycles. The smallest absolute Gasteiger partial charge is 0.332 e. The largest absolute Gasteiger partial charge is 0.378 e. The number of quaternary nitrogens is 1. The van der Waals surface area contributed by atoms with Crippen molar-refractivity contribution in [3.8, 4) is 0 Å². The van der Waals surface area contributed by atoms with Crippen molar-refractivity contribution >= 4 is 17.5 Å². The lowest BCUT2D eigenvalue weighted by atomic mass is 10.2. The van der Waals surface area contributed by atoms with Crippen LogP contribution in [0.25, 0.3) is 0 Å². The normalized spacial score (nSPS) is 19.9. The number of aromatic nitrogens is 2. The van der Waals surface area contributed by atoms with Gasteiger partial charge < -0.3 is 19.4 Å². The van der Waals surface area contributed by atoms with E-state index >= 15 is 0 Å². The van der Waals surface area contributed by atoms with Gasteiger partial charge in [0.2, 0.25) is 11.8 Å². The van der Waals surface area contributed by atoms with Crippen LogP contribution in [0.5, 0.6) is 0 Å². The first-order chi connectivity index (χ1) is 11.1. The van der Waals surface area contributed by atoms with Gasteiger partial charge in [0.1, 0.15) is 5.69 Å². The fourth-order valence-corrected chi connectivity index (χ4v) is 2.98. The Hall–Kier alpha value is -2.00. The van der Waals surface area contributed by atoms with E-state index in [9.17, 15) is 10.1 Å². The third-order valence-electron chi connectivity index (χ3n) is 4.42. The summed E-state index contributed by atoms with van der Waals surface area (Å²) in [5, 5.41) is 11.5. The summed E-state index contributed by atoms with van der Waals surface area (Å²) in [7, 11) is 2.14. The second kappa shape index (κ2) is 6.63. The van der Waals surface area contributed by atoms with Crippen LogP contribution in [-0.4, -0.2) is 74.4 Å². The van der Waals surface area contributed by atoms with E-state index in [1.54, 1.807) is 6.92 Å². The zero-order chi connectivity index (χ0) is 16.4. The van der Waals surface area contributed by atoms with Crippen molar-refractivity contribution in [2.24, 2.45) is 0 Å². The maximum absolute atomic E-state index is 11.5. The predicted molar refractivity (Wildman–Crippen MR) is 85.3 cm³/mol. The number of hydrogen-bond acceptors (Lipinski definition) is 7. The molecule has 1 aromatic heterocycles. The van der Waals surface area contributed by atoms with Crippen LogP contribution in [0.2, 0.25) is 0 Å². The van der Waals surface area contributed by atoms with Crippen molar-refractivity contribution in [3.63, 3.8) is 0 Å². The molecule has 2 aliphatic heterocycles. The number of hydrogen-bond donors (Lipinski definition) is 1. The molecule has 0 amide bonds. The van der Waals surface area contributed by atoms with E-state index in [2.05, 4.69) is 17.0 Å². The summed E-state index contributed by atoms with van der Waals surface area (Å²) >= 11 is 0. The second-order valence-corrected chi connectivity index (χ2v) is 6.08. The third kappa shape index (κ3) is 3.35. The highest BCUT2D eigenvalue weighted by Gasteiger charge is 2.30.